The summed E-state index contributed by atoms with van der Waals surface area (Å²) in [4.78, 5) is 26.5. The van der Waals surface area contributed by atoms with Crippen LogP contribution in [0.1, 0.15) is 45.4 Å². The van der Waals surface area contributed by atoms with E-state index in [0.717, 1.165) is 12.2 Å². The molecule has 0 N–H and O–H groups in total. The van der Waals surface area contributed by atoms with E-state index in [1.807, 2.05) is 0 Å². The van der Waals surface area contributed by atoms with Gasteiger partial charge in [0, 0.05) is 0 Å². The van der Waals surface area contributed by atoms with E-state index < -0.39 is 0 Å². The molecule has 5 heteroatoms. The van der Waals surface area contributed by atoms with Crippen molar-refractivity contribution in [2.24, 2.45) is 5.92 Å². The predicted molar refractivity (Wildman–Crippen MR) is 83.9 cm³/mol. The van der Waals surface area contributed by atoms with Crippen molar-refractivity contribution in [1.29, 1.82) is 0 Å². The van der Waals surface area contributed by atoms with Crippen molar-refractivity contribution in [2.75, 3.05) is 21.2 Å². The molecule has 1 atom stereocenters. The average Bonchev–Trinajstić information content (AvgIpc) is 2.76. The van der Waals surface area contributed by atoms with E-state index in [0.29, 0.717) is 38.6 Å². The number of halogens is 1. The van der Waals surface area contributed by atoms with Gasteiger partial charge in [-0.05, 0) is 0 Å². The number of amides is 2. The van der Waals surface area contributed by atoms with Crippen molar-refractivity contribution < 1.29 is 30.8 Å². The molecule has 1 fully saturated rings. The number of hydrogen-bond donors (Lipinski definition) is 0. The van der Waals surface area contributed by atoms with E-state index in [2.05, 4.69) is 6.92 Å². The minimum absolute atomic E-state index is 0.0377. The number of rotatable bonds is 8. The molecule has 120 valence electrons. The van der Waals surface area contributed by atoms with Crippen molar-refractivity contribution in [2.45, 2.75) is 45.4 Å². The van der Waals surface area contributed by atoms with Crippen LogP contribution in [-0.4, -0.2) is 37.9 Å². The zero-order valence-corrected chi connectivity index (χ0v) is 15.7. The molecule has 0 aromatic carbocycles. The van der Waals surface area contributed by atoms with Crippen LogP contribution in [0.3, 0.4) is 0 Å². The molecule has 0 saturated carbocycles. The Bertz CT molecular complexity index is 405. The number of unbranched alkanes of at least 4 members (excludes halogenated alkanes) is 3. The van der Waals surface area contributed by atoms with Gasteiger partial charge >= 0.3 is 136 Å². The Balaban J connectivity index is 1.76. The Labute approximate surface area is 142 Å². The molecule has 0 radical (unpaired) electrons. The molecule has 0 aromatic heterocycles. The molecule has 1 unspecified atom stereocenters. The van der Waals surface area contributed by atoms with Crippen molar-refractivity contribution >= 4 is 23.6 Å². The molecule has 2 aliphatic heterocycles. The van der Waals surface area contributed by atoms with Crippen molar-refractivity contribution in [3.63, 3.8) is 0 Å². The number of imide groups is 1. The van der Waals surface area contributed by atoms with Gasteiger partial charge in [0.05, 0.1) is 0 Å². The van der Waals surface area contributed by atoms with Crippen LogP contribution in [0.2, 0.25) is 0 Å². The van der Waals surface area contributed by atoms with Crippen molar-refractivity contribution in [3.8, 4) is 0 Å². The van der Waals surface area contributed by atoms with E-state index >= 15 is 0 Å². The van der Waals surface area contributed by atoms with E-state index in [-0.39, 0.29) is 11.8 Å². The first kappa shape index (κ1) is 17.3. The second kappa shape index (κ2) is 9.18. The summed E-state index contributed by atoms with van der Waals surface area (Å²) in [5.74, 6) is 1.40. The summed E-state index contributed by atoms with van der Waals surface area (Å²) in [5, 5.41) is 0. The number of thioether (sulfide) groups is 1. The fourth-order valence-electron chi connectivity index (χ4n) is 2.64. The molecular weight excluding hydrogens is 397 g/mol. The van der Waals surface area contributed by atoms with Crippen molar-refractivity contribution in [3.05, 3.63) is 11.0 Å². The quantitative estimate of drug-likeness (QED) is 0.240. The Morgan fingerprint density at radius 1 is 1.33 bits per heavy atom. The van der Waals surface area contributed by atoms with Crippen LogP contribution in [0.5, 0.6) is 0 Å². The average molecular weight is 422 g/mol. The number of carbonyl (C=O) groups excluding carboxylic acids is 2. The molecule has 1 saturated heterocycles. The van der Waals surface area contributed by atoms with Gasteiger partial charge in [-0.25, -0.2) is 0 Å². The van der Waals surface area contributed by atoms with Crippen LogP contribution < -0.4 is 21.2 Å². The van der Waals surface area contributed by atoms with Gasteiger partial charge < -0.3 is 0 Å². The summed E-state index contributed by atoms with van der Waals surface area (Å²) < 4.78 is 2.68. The summed E-state index contributed by atoms with van der Waals surface area (Å²) in [6, 6.07) is 0. The number of hydrogen-bond acceptors (Lipinski definition) is 3. The number of carbonyl (C=O) groups is 2. The molecule has 2 rings (SSSR count). The van der Waals surface area contributed by atoms with Gasteiger partial charge in [-0.1, -0.05) is 6.92 Å². The van der Waals surface area contributed by atoms with Gasteiger partial charge in [0.2, 0.25) is 0 Å². The molecule has 0 spiro atoms. The van der Waals surface area contributed by atoms with Crippen LogP contribution in [0.4, 0.5) is 0 Å². The van der Waals surface area contributed by atoms with E-state index in [1.54, 1.807) is 17.8 Å². The van der Waals surface area contributed by atoms with E-state index in [1.165, 1.54) is 45.9 Å². The zero-order chi connectivity index (χ0) is 15.1. The standard InChI is InChI=1S/C16H25INO2S/c1-2-3-4-5-9-21-14-10-15(19)18(16(14)20)12-13-7-6-8-17-11-13/h10,13H,2-9,11-12H2,1H3/q-1. The molecule has 3 nitrogen and oxygen atoms in total. The van der Waals surface area contributed by atoms with Crippen LogP contribution >= 0.6 is 11.8 Å². The fourth-order valence-corrected chi connectivity index (χ4v) is 6.65. The van der Waals surface area contributed by atoms with Gasteiger partial charge in [-0.15, -0.1) is 0 Å². The summed E-state index contributed by atoms with van der Waals surface area (Å²) >= 11 is 1.89. The summed E-state index contributed by atoms with van der Waals surface area (Å²) in [6.07, 6.45) is 8.87. The maximum absolute atomic E-state index is 12.3. The van der Waals surface area contributed by atoms with Crippen LogP contribution in [-0.2, 0) is 9.59 Å². The molecule has 2 amide bonds. The SMILES string of the molecule is CCCCCCSC1=CC(=O)N(CC2CCC[I-]C2)C1=O. The molecular formula is C16H25INO2S-. The first-order valence-corrected chi connectivity index (χ1v) is 12.0. The van der Waals surface area contributed by atoms with Crippen LogP contribution in [0.15, 0.2) is 11.0 Å². The second-order valence-corrected chi connectivity index (χ2v) is 9.89. The fraction of sp³-hybridized carbons (Fsp3) is 0.750. The first-order chi connectivity index (χ1) is 10.2. The Hall–Kier alpha value is -0.0400. The molecule has 2 heterocycles. The first-order valence-electron chi connectivity index (χ1n) is 7.96. The van der Waals surface area contributed by atoms with Gasteiger partial charge in [0.15, 0.2) is 0 Å². The molecule has 0 aliphatic carbocycles. The number of alkyl halides is 2. The normalized spacial score (nSPS) is 23.2. The van der Waals surface area contributed by atoms with Gasteiger partial charge in [-0.3, -0.25) is 0 Å². The Morgan fingerprint density at radius 3 is 2.90 bits per heavy atom. The number of nitrogens with zero attached hydrogens (tertiary/aromatic N) is 1. The predicted octanol–water partition coefficient (Wildman–Crippen LogP) is 0.0516. The van der Waals surface area contributed by atoms with Gasteiger partial charge in [0.25, 0.3) is 0 Å². The summed E-state index contributed by atoms with van der Waals surface area (Å²) in [6.45, 7) is 2.86. The topological polar surface area (TPSA) is 37.4 Å². The Morgan fingerprint density at radius 2 is 2.19 bits per heavy atom. The van der Waals surface area contributed by atoms with Crippen molar-refractivity contribution in [1.82, 2.24) is 4.90 Å². The van der Waals surface area contributed by atoms with Crippen LogP contribution in [0, 0.1) is 5.92 Å². The second-order valence-electron chi connectivity index (χ2n) is 5.71. The molecule has 21 heavy (non-hydrogen) atoms. The zero-order valence-electron chi connectivity index (χ0n) is 12.8. The summed E-state index contributed by atoms with van der Waals surface area (Å²) in [7, 11) is 0. The third-order valence-corrected chi connectivity index (χ3v) is 8.37. The third-order valence-electron chi connectivity index (χ3n) is 3.88. The van der Waals surface area contributed by atoms with Gasteiger partial charge in [-0.2, -0.15) is 0 Å². The maximum atomic E-state index is 12.3. The van der Waals surface area contributed by atoms with E-state index in [9.17, 15) is 9.59 Å². The molecule has 0 aromatic rings. The molecule has 0 bridgehead atoms. The molecule has 2 aliphatic rings. The summed E-state index contributed by atoms with van der Waals surface area (Å²) in [5.41, 5.74) is 0. The third kappa shape index (κ3) is 5.27. The van der Waals surface area contributed by atoms with E-state index in [4.69, 9.17) is 0 Å². The van der Waals surface area contributed by atoms with Gasteiger partial charge in [0.1, 0.15) is 0 Å². The monoisotopic (exact) mass is 422 g/mol. The van der Waals surface area contributed by atoms with Crippen LogP contribution in [0.25, 0.3) is 0 Å². The Kier molecular flexibility index (Phi) is 7.57. The minimum atomic E-state index is -0.0835.